The molecule has 0 aromatic carbocycles. The lowest BCUT2D eigenvalue weighted by Crippen LogP contribution is -2.57. The van der Waals surface area contributed by atoms with Crippen molar-refractivity contribution in [3.63, 3.8) is 0 Å². The number of hydrogen-bond acceptors (Lipinski definition) is 5. The smallest absolute Gasteiger partial charge is 0.367 e. The molecule has 0 radical (unpaired) electrons. The number of rotatable bonds is 0. The van der Waals surface area contributed by atoms with E-state index < -0.39 is 9.05 Å². The van der Waals surface area contributed by atoms with Gasteiger partial charge in [-0.25, -0.2) is 0 Å². The Morgan fingerprint density at radius 2 is 1.92 bits per heavy atom. The van der Waals surface area contributed by atoms with E-state index in [0.717, 1.165) is 19.6 Å². The minimum absolute atomic E-state index is 0.0164. The summed E-state index contributed by atoms with van der Waals surface area (Å²) in [6, 6.07) is 0. The molecule has 3 saturated heterocycles. The van der Waals surface area contributed by atoms with E-state index in [1.54, 1.807) is 0 Å². The SMILES string of the molecule is CC1CN2CCO[Si](O)(OCC2)O1. The van der Waals surface area contributed by atoms with Crippen LogP contribution in [-0.4, -0.2) is 57.7 Å². The summed E-state index contributed by atoms with van der Waals surface area (Å²) in [5.41, 5.74) is 0. The molecule has 3 rings (SSSR count). The van der Waals surface area contributed by atoms with E-state index in [0.29, 0.717) is 13.2 Å². The maximum Gasteiger partial charge on any atom is 0.677 e. The minimum atomic E-state index is -3.27. The van der Waals surface area contributed by atoms with Crippen LogP contribution < -0.4 is 0 Å². The van der Waals surface area contributed by atoms with Gasteiger partial charge in [-0.2, -0.15) is 0 Å². The number of hydrogen-bond donors (Lipinski definition) is 1. The van der Waals surface area contributed by atoms with E-state index in [4.69, 9.17) is 13.3 Å². The predicted octanol–water partition coefficient (Wildman–Crippen LogP) is -0.818. The van der Waals surface area contributed by atoms with Gasteiger partial charge in [-0.05, 0) is 6.92 Å². The molecule has 3 aliphatic heterocycles. The lowest BCUT2D eigenvalue weighted by molar-refractivity contribution is -0.0787. The van der Waals surface area contributed by atoms with Crippen molar-refractivity contribution in [2.24, 2.45) is 0 Å². The summed E-state index contributed by atoms with van der Waals surface area (Å²) in [6.07, 6.45) is -0.0164. The van der Waals surface area contributed by atoms with Crippen LogP contribution in [0.4, 0.5) is 0 Å². The molecular weight excluding hydrogens is 190 g/mol. The van der Waals surface area contributed by atoms with Crippen LogP contribution in [0.3, 0.4) is 0 Å². The van der Waals surface area contributed by atoms with Crippen LogP contribution in [0.5, 0.6) is 0 Å². The van der Waals surface area contributed by atoms with Crippen LogP contribution in [-0.2, 0) is 13.3 Å². The Bertz CT molecular complexity index is 181. The van der Waals surface area contributed by atoms with Crippen molar-refractivity contribution in [2.45, 2.75) is 13.0 Å². The molecule has 5 nitrogen and oxygen atoms in total. The Labute approximate surface area is 78.7 Å². The fourth-order valence-corrected chi connectivity index (χ4v) is 3.17. The van der Waals surface area contributed by atoms with E-state index in [2.05, 4.69) is 4.90 Å². The van der Waals surface area contributed by atoms with Crippen molar-refractivity contribution in [3.8, 4) is 0 Å². The van der Waals surface area contributed by atoms with Gasteiger partial charge in [0.1, 0.15) is 0 Å². The predicted molar refractivity (Wildman–Crippen MR) is 46.9 cm³/mol. The van der Waals surface area contributed by atoms with Gasteiger partial charge in [0.05, 0.1) is 19.3 Å². The first-order valence-corrected chi connectivity index (χ1v) is 6.26. The molecular formula is C7H15NO4Si. The standard InChI is InChI=1S/C7H15NO4Si/c1-7-6-8-2-4-10-13(9,12-7)11-5-3-8/h7,9H,2-6H2,1H3. The third kappa shape index (κ3) is 2.28. The highest BCUT2D eigenvalue weighted by molar-refractivity contribution is 6.52. The second-order valence-corrected chi connectivity index (χ2v) is 5.31. The topological polar surface area (TPSA) is 51.2 Å². The molecule has 0 aromatic heterocycles. The Morgan fingerprint density at radius 3 is 2.54 bits per heavy atom. The summed E-state index contributed by atoms with van der Waals surface area (Å²) in [7, 11) is -3.27. The van der Waals surface area contributed by atoms with E-state index in [-0.39, 0.29) is 6.10 Å². The van der Waals surface area contributed by atoms with E-state index in [1.807, 2.05) is 6.92 Å². The molecule has 0 saturated carbocycles. The number of fused-ring (bicyclic) bond motifs is 6. The van der Waals surface area contributed by atoms with E-state index in [1.165, 1.54) is 0 Å². The minimum Gasteiger partial charge on any atom is -0.367 e. The molecule has 0 aliphatic carbocycles. The quantitative estimate of drug-likeness (QED) is 0.524. The maximum atomic E-state index is 9.82. The van der Waals surface area contributed by atoms with Crippen molar-refractivity contribution < 1.29 is 18.1 Å². The zero-order valence-corrected chi connectivity index (χ0v) is 8.73. The van der Waals surface area contributed by atoms with E-state index in [9.17, 15) is 4.80 Å². The average molecular weight is 205 g/mol. The maximum absolute atomic E-state index is 9.82. The molecule has 0 amide bonds. The molecule has 1 N–H and O–H groups in total. The molecule has 0 aromatic rings. The first-order chi connectivity index (χ1) is 6.18. The lowest BCUT2D eigenvalue weighted by Gasteiger charge is -2.37. The monoisotopic (exact) mass is 205 g/mol. The van der Waals surface area contributed by atoms with Crippen molar-refractivity contribution in [2.75, 3.05) is 32.8 Å². The highest BCUT2D eigenvalue weighted by Crippen LogP contribution is 2.16. The third-order valence-electron chi connectivity index (χ3n) is 2.25. The molecule has 6 heteroatoms. The summed E-state index contributed by atoms with van der Waals surface area (Å²) < 4.78 is 15.8. The lowest BCUT2D eigenvalue weighted by atomic mass is 10.3. The van der Waals surface area contributed by atoms with Gasteiger partial charge in [0.2, 0.25) is 0 Å². The zero-order valence-electron chi connectivity index (χ0n) is 7.73. The Kier molecular flexibility index (Phi) is 2.68. The Balaban J connectivity index is 2.11. The molecule has 1 atom stereocenters. The summed E-state index contributed by atoms with van der Waals surface area (Å²) >= 11 is 0. The summed E-state index contributed by atoms with van der Waals surface area (Å²) in [6.45, 7) is 5.47. The van der Waals surface area contributed by atoms with Crippen LogP contribution in [0, 0.1) is 0 Å². The van der Waals surface area contributed by atoms with Gasteiger partial charge in [0.25, 0.3) is 0 Å². The average Bonchev–Trinajstić information content (AvgIpc) is 1.96. The molecule has 3 fully saturated rings. The van der Waals surface area contributed by atoms with Crippen LogP contribution in [0.1, 0.15) is 6.92 Å². The Hall–Kier alpha value is 0.0169. The van der Waals surface area contributed by atoms with Gasteiger partial charge in [-0.15, -0.1) is 0 Å². The Morgan fingerprint density at radius 1 is 1.31 bits per heavy atom. The fraction of sp³-hybridized carbons (Fsp3) is 1.00. The third-order valence-corrected chi connectivity index (χ3v) is 4.09. The van der Waals surface area contributed by atoms with Crippen molar-refractivity contribution in [1.29, 1.82) is 0 Å². The van der Waals surface area contributed by atoms with Gasteiger partial charge < -0.3 is 18.1 Å². The van der Waals surface area contributed by atoms with Gasteiger partial charge in [-0.1, -0.05) is 0 Å². The normalized spacial score (nSPS) is 46.6. The van der Waals surface area contributed by atoms with Crippen LogP contribution in [0.25, 0.3) is 0 Å². The highest BCUT2D eigenvalue weighted by atomic mass is 28.4. The fourth-order valence-electron chi connectivity index (χ4n) is 1.67. The second-order valence-electron chi connectivity index (χ2n) is 3.45. The first kappa shape index (κ1) is 9.57. The molecule has 0 spiro atoms. The second kappa shape index (κ2) is 3.64. The van der Waals surface area contributed by atoms with Gasteiger partial charge >= 0.3 is 9.05 Å². The molecule has 3 heterocycles. The van der Waals surface area contributed by atoms with Crippen LogP contribution in [0.15, 0.2) is 0 Å². The summed E-state index contributed by atoms with van der Waals surface area (Å²) in [4.78, 5) is 12.0. The molecule has 1 unspecified atom stereocenters. The van der Waals surface area contributed by atoms with E-state index >= 15 is 0 Å². The molecule has 2 bridgehead atoms. The summed E-state index contributed by atoms with van der Waals surface area (Å²) in [5.74, 6) is 0. The first-order valence-electron chi connectivity index (χ1n) is 4.58. The van der Waals surface area contributed by atoms with Gasteiger partial charge in [-0.3, -0.25) is 4.90 Å². The van der Waals surface area contributed by atoms with Crippen LogP contribution >= 0.6 is 0 Å². The summed E-state index contributed by atoms with van der Waals surface area (Å²) in [5, 5.41) is 0. The van der Waals surface area contributed by atoms with Crippen molar-refractivity contribution in [1.82, 2.24) is 4.90 Å². The van der Waals surface area contributed by atoms with Crippen molar-refractivity contribution in [3.05, 3.63) is 0 Å². The zero-order chi connectivity index (χ0) is 9.31. The molecule has 13 heavy (non-hydrogen) atoms. The molecule has 3 aliphatic rings. The highest BCUT2D eigenvalue weighted by Gasteiger charge is 2.45. The van der Waals surface area contributed by atoms with Gasteiger partial charge in [0.15, 0.2) is 0 Å². The number of nitrogens with zero attached hydrogens (tertiary/aromatic N) is 1. The van der Waals surface area contributed by atoms with Crippen LogP contribution in [0.2, 0.25) is 0 Å². The largest absolute Gasteiger partial charge is 0.677 e. The van der Waals surface area contributed by atoms with Gasteiger partial charge in [0, 0.05) is 19.6 Å². The molecule has 76 valence electrons. The van der Waals surface area contributed by atoms with Crippen molar-refractivity contribution >= 4 is 9.05 Å².